The molecule has 1 saturated carbocycles. The third-order valence-electron chi connectivity index (χ3n) is 8.96. The molecule has 3 aliphatic carbocycles. The summed E-state index contributed by atoms with van der Waals surface area (Å²) in [5.41, 5.74) is 9.68. The fourth-order valence-corrected chi connectivity index (χ4v) is 17.8. The predicted molar refractivity (Wildman–Crippen MR) is 163 cm³/mol. The van der Waals surface area contributed by atoms with Crippen LogP contribution in [0.3, 0.4) is 0 Å². The molecule has 0 nitrogen and oxygen atoms in total. The summed E-state index contributed by atoms with van der Waals surface area (Å²) in [5, 5.41) is 1.71. The molecule has 0 amide bonds. The summed E-state index contributed by atoms with van der Waals surface area (Å²) in [4.78, 5) is 0. The van der Waals surface area contributed by atoms with Crippen molar-refractivity contribution in [3.05, 3.63) is 79.3 Å². The zero-order valence-corrected chi connectivity index (χ0v) is 30.7. The van der Waals surface area contributed by atoms with Crippen LogP contribution in [0.4, 0.5) is 0 Å². The molecule has 2 aromatic carbocycles. The Balaban J connectivity index is 0.00000210. The fraction of sp³-hybridized carbons (Fsp3) is 0.514. The largest absolute Gasteiger partial charge is 1.00 e. The Kier molecular flexibility index (Phi) is 10.1. The van der Waals surface area contributed by atoms with Gasteiger partial charge in [-0.2, -0.15) is 0 Å². The van der Waals surface area contributed by atoms with E-state index in [4.69, 9.17) is 0 Å². The van der Waals surface area contributed by atoms with Crippen LogP contribution in [-0.2, 0) is 32.1 Å². The zero-order valence-electron chi connectivity index (χ0n) is 25.7. The van der Waals surface area contributed by atoms with Gasteiger partial charge in [0, 0.05) is 0 Å². The first-order chi connectivity index (χ1) is 17.2. The van der Waals surface area contributed by atoms with Crippen molar-refractivity contribution in [1.82, 2.24) is 0 Å². The summed E-state index contributed by atoms with van der Waals surface area (Å²) in [6.07, 6.45) is 13.7. The van der Waals surface area contributed by atoms with Gasteiger partial charge in [0.25, 0.3) is 0 Å². The number of rotatable bonds is 3. The molecule has 0 saturated heterocycles. The molecule has 0 aromatic heterocycles. The maximum atomic E-state index is 2.74. The van der Waals surface area contributed by atoms with Crippen LogP contribution in [0.2, 0.25) is 19.6 Å². The maximum absolute atomic E-state index is 2.74. The molecule has 0 spiro atoms. The van der Waals surface area contributed by atoms with Crippen molar-refractivity contribution in [2.24, 2.45) is 0 Å². The van der Waals surface area contributed by atoms with Crippen molar-refractivity contribution in [1.29, 1.82) is 0 Å². The average molecular weight is 659 g/mol. The number of hydrogen-bond donors (Lipinski definition) is 0. The van der Waals surface area contributed by atoms with E-state index in [1.165, 1.54) is 49.7 Å². The summed E-state index contributed by atoms with van der Waals surface area (Å²) in [6, 6.07) is 15.2. The normalized spacial score (nSPS) is 17.3. The van der Waals surface area contributed by atoms with E-state index in [1.54, 1.807) is 27.5 Å². The van der Waals surface area contributed by atoms with E-state index in [1.807, 2.05) is 6.49 Å². The van der Waals surface area contributed by atoms with Crippen LogP contribution in [-0.4, -0.2) is 11.3 Å². The van der Waals surface area contributed by atoms with Crippen molar-refractivity contribution in [2.75, 3.05) is 0 Å². The minimum atomic E-state index is -2.16. The fourth-order valence-electron chi connectivity index (χ4n) is 6.59. The van der Waals surface area contributed by atoms with Gasteiger partial charge in [-0.15, -0.1) is 0 Å². The van der Waals surface area contributed by atoms with Crippen LogP contribution < -0.4 is 24.8 Å². The second kappa shape index (κ2) is 12.0. The molecule has 39 heavy (non-hydrogen) atoms. The number of halogens is 2. The molecular formula is C35H48Cl2SiZr. The van der Waals surface area contributed by atoms with Gasteiger partial charge in [-0.3, -0.25) is 0 Å². The molecule has 0 N–H and O–H groups in total. The second-order valence-corrected chi connectivity index (χ2v) is 26.7. The van der Waals surface area contributed by atoms with Crippen LogP contribution >= 0.6 is 0 Å². The van der Waals surface area contributed by atoms with Crippen LogP contribution in [0.1, 0.15) is 106 Å². The van der Waals surface area contributed by atoms with Crippen molar-refractivity contribution in [3.8, 4) is 11.1 Å². The van der Waals surface area contributed by atoms with Crippen molar-refractivity contribution >= 4 is 11.3 Å². The van der Waals surface area contributed by atoms with E-state index in [9.17, 15) is 0 Å². The third kappa shape index (κ3) is 6.61. The van der Waals surface area contributed by atoms with Gasteiger partial charge in [0.15, 0.2) is 0 Å². The molecule has 0 atom stereocenters. The van der Waals surface area contributed by atoms with Gasteiger partial charge in [0.1, 0.15) is 0 Å². The summed E-state index contributed by atoms with van der Waals surface area (Å²) >= 11 is -2.16. The van der Waals surface area contributed by atoms with Gasteiger partial charge in [0.05, 0.1) is 0 Å². The monoisotopic (exact) mass is 656 g/mol. The van der Waals surface area contributed by atoms with Crippen molar-refractivity contribution in [3.63, 3.8) is 0 Å². The molecule has 0 unspecified atom stereocenters. The van der Waals surface area contributed by atoms with Crippen LogP contribution in [0, 0.1) is 0 Å². The first kappa shape index (κ1) is 33.0. The molecule has 2 aromatic rings. The summed E-state index contributed by atoms with van der Waals surface area (Å²) in [7, 11) is -1.29. The predicted octanol–water partition coefficient (Wildman–Crippen LogP) is 4.21. The third-order valence-corrected chi connectivity index (χ3v) is 19.6. The smallest absolute Gasteiger partial charge is 1.00 e. The van der Waals surface area contributed by atoms with Gasteiger partial charge in [-0.25, -0.2) is 0 Å². The molecule has 5 rings (SSSR count). The van der Waals surface area contributed by atoms with E-state index in [0.29, 0.717) is 3.63 Å². The molecule has 0 heterocycles. The average Bonchev–Trinajstić information content (AvgIpc) is 3.43. The van der Waals surface area contributed by atoms with E-state index < -0.39 is 29.3 Å². The number of fused-ring (bicyclic) bond motifs is 3. The first-order valence-corrected chi connectivity index (χ1v) is 22.1. The van der Waals surface area contributed by atoms with Crippen molar-refractivity contribution < 1.29 is 46.1 Å². The Morgan fingerprint density at radius 2 is 1.21 bits per heavy atom. The minimum absolute atomic E-state index is 0. The molecule has 0 radical (unpaired) electrons. The first-order valence-electron chi connectivity index (χ1n) is 14.7. The van der Waals surface area contributed by atoms with Gasteiger partial charge in [-0.1, -0.05) is 0 Å². The Morgan fingerprint density at radius 3 is 1.62 bits per heavy atom. The van der Waals surface area contributed by atoms with E-state index in [-0.39, 0.29) is 35.6 Å². The summed E-state index contributed by atoms with van der Waals surface area (Å²) < 4.78 is 4.55. The number of hydrogen-bond acceptors (Lipinski definition) is 0. The Morgan fingerprint density at radius 1 is 0.718 bits per heavy atom. The number of allylic oxidation sites excluding steroid dienone is 4. The standard InChI is InChI=1S/C21H25.C8H13Si.C6H10.2ClH.Zr/c1-20(2,3)16-9-7-14-11-15-8-10-17(21(4,5)6)13-19(15)18(14)12-16;1-9(2,3)8-6-4-5-7-8;1-2-4-6-5-3-1;;;/h7-13H,1-6H3;6-7H,4H2,1-3H3;1-5H2;2*1H;/q;;;;;+2/p-2. The van der Waals surface area contributed by atoms with Crippen LogP contribution in [0.5, 0.6) is 0 Å². The van der Waals surface area contributed by atoms with E-state index in [0.717, 1.165) is 0 Å². The molecule has 1 fully saturated rings. The second-order valence-electron chi connectivity index (χ2n) is 14.9. The Hall–Kier alpha value is -0.530. The molecular weight excluding hydrogens is 611 g/mol. The quantitative estimate of drug-likeness (QED) is 0.434. The number of benzene rings is 2. The van der Waals surface area contributed by atoms with Gasteiger partial charge < -0.3 is 24.8 Å². The van der Waals surface area contributed by atoms with Crippen LogP contribution in [0.15, 0.2) is 57.0 Å². The van der Waals surface area contributed by atoms with Crippen molar-refractivity contribution in [2.45, 2.75) is 114 Å². The zero-order chi connectivity index (χ0) is 26.8. The Labute approximate surface area is 260 Å². The Bertz CT molecular complexity index is 1250. The van der Waals surface area contributed by atoms with E-state index >= 15 is 0 Å². The van der Waals surface area contributed by atoms with Gasteiger partial charge in [-0.05, 0) is 0 Å². The molecule has 210 valence electrons. The molecule has 0 aliphatic heterocycles. The summed E-state index contributed by atoms with van der Waals surface area (Å²) in [6.45, 7) is 21.7. The summed E-state index contributed by atoms with van der Waals surface area (Å²) in [5.74, 6) is 0. The maximum Gasteiger partial charge on any atom is -1.00 e. The SMILES string of the molecule is CC(C)(C)c1ccc2c(c1)-c1cc(C(C)(C)C)ccc1[CH]2[Zr+2]([C]1=CC([Si](C)(C)C)=CC1)=[C]1CCCCC1.[Cl-].[Cl-]. The molecule has 0 bridgehead atoms. The minimum Gasteiger partial charge on any atom is -1.00 e. The van der Waals surface area contributed by atoms with Crippen LogP contribution in [0.25, 0.3) is 11.1 Å². The molecule has 4 heteroatoms. The topological polar surface area (TPSA) is 0 Å². The van der Waals surface area contributed by atoms with Gasteiger partial charge >= 0.3 is 237 Å². The van der Waals surface area contributed by atoms with E-state index in [2.05, 4.69) is 110 Å². The molecule has 3 aliphatic rings. The van der Waals surface area contributed by atoms with Gasteiger partial charge in [0.2, 0.25) is 0 Å².